The highest BCUT2D eigenvalue weighted by atomic mass is 16.3. The van der Waals surface area contributed by atoms with Crippen LogP contribution in [-0.2, 0) is 0 Å². The molecule has 134 valence electrons. The first-order valence-corrected chi connectivity index (χ1v) is 8.64. The number of hydrogen-bond acceptors (Lipinski definition) is 4. The van der Waals surface area contributed by atoms with E-state index in [-0.39, 0.29) is 5.91 Å². The Kier molecular flexibility index (Phi) is 4.34. The van der Waals surface area contributed by atoms with Crippen LogP contribution >= 0.6 is 0 Å². The molecule has 2 aromatic carbocycles. The maximum atomic E-state index is 12.5. The number of hydrogen-bond donors (Lipinski definition) is 1. The smallest absolute Gasteiger partial charge is 0.255 e. The first-order chi connectivity index (χ1) is 13.1. The van der Waals surface area contributed by atoms with Gasteiger partial charge in [0.2, 0.25) is 5.71 Å². The van der Waals surface area contributed by atoms with Gasteiger partial charge in [0, 0.05) is 48.2 Å². The second-order valence-electron chi connectivity index (χ2n) is 6.48. The second-order valence-corrected chi connectivity index (χ2v) is 6.48. The Morgan fingerprint density at radius 2 is 1.81 bits per heavy atom. The molecule has 27 heavy (non-hydrogen) atoms. The van der Waals surface area contributed by atoms with E-state index in [4.69, 9.17) is 4.42 Å². The molecule has 5 nitrogen and oxygen atoms in total. The lowest BCUT2D eigenvalue weighted by Gasteiger charge is -2.13. The molecule has 0 unspecified atom stereocenters. The number of carbonyl (C=O) groups excluding carboxylic acids is 1. The molecule has 0 saturated carbocycles. The highest BCUT2D eigenvalue weighted by molar-refractivity contribution is 6.04. The van der Waals surface area contributed by atoms with Crippen LogP contribution in [0.25, 0.3) is 22.4 Å². The summed E-state index contributed by atoms with van der Waals surface area (Å²) in [6, 6.07) is 20.9. The second kappa shape index (κ2) is 6.96. The summed E-state index contributed by atoms with van der Waals surface area (Å²) < 4.78 is 5.78. The summed E-state index contributed by atoms with van der Waals surface area (Å²) in [5, 5.41) is 3.89. The molecule has 0 aliphatic heterocycles. The normalized spacial score (nSPS) is 10.7. The van der Waals surface area contributed by atoms with Gasteiger partial charge >= 0.3 is 0 Å². The van der Waals surface area contributed by atoms with Crippen LogP contribution in [0.3, 0.4) is 0 Å². The Hall–Kier alpha value is -3.60. The van der Waals surface area contributed by atoms with Gasteiger partial charge in [-0.25, -0.2) is 4.98 Å². The fraction of sp³-hybridized carbons (Fsp3) is 0.0909. The zero-order valence-corrected chi connectivity index (χ0v) is 15.1. The topological polar surface area (TPSA) is 58.4 Å². The minimum Gasteiger partial charge on any atom is -0.438 e. The maximum absolute atomic E-state index is 12.5. The van der Waals surface area contributed by atoms with Crippen LogP contribution in [0.2, 0.25) is 0 Å². The lowest BCUT2D eigenvalue weighted by molar-refractivity contribution is 0.102. The molecule has 2 aromatic heterocycles. The van der Waals surface area contributed by atoms with Crippen molar-refractivity contribution in [3.05, 3.63) is 78.5 Å². The fourth-order valence-corrected chi connectivity index (χ4v) is 2.86. The monoisotopic (exact) mass is 357 g/mol. The van der Waals surface area contributed by atoms with Crippen LogP contribution < -0.4 is 10.2 Å². The Morgan fingerprint density at radius 1 is 1.00 bits per heavy atom. The standard InChI is InChI=1S/C22H19N3O2/c1-25(2)19-7-3-5-16(13-19)21(26)24-18-10-8-15(9-11-18)20-14-17-6-4-12-23-22(17)27-20/h3-14H,1-2H3,(H,24,26). The van der Waals surface area contributed by atoms with Gasteiger partial charge in [0.05, 0.1) is 0 Å². The Labute approximate surface area is 157 Å². The number of furan rings is 1. The predicted octanol–water partition coefficient (Wildman–Crippen LogP) is 4.81. The van der Waals surface area contributed by atoms with E-state index in [0.717, 1.165) is 28.1 Å². The van der Waals surface area contributed by atoms with Crippen molar-refractivity contribution < 1.29 is 9.21 Å². The van der Waals surface area contributed by atoms with Gasteiger partial charge in [0.25, 0.3) is 5.91 Å². The van der Waals surface area contributed by atoms with Gasteiger partial charge in [-0.1, -0.05) is 6.07 Å². The van der Waals surface area contributed by atoms with Crippen LogP contribution in [0.4, 0.5) is 11.4 Å². The molecule has 0 fully saturated rings. The number of amides is 1. The lowest BCUT2D eigenvalue weighted by atomic mass is 10.1. The van der Waals surface area contributed by atoms with E-state index in [0.29, 0.717) is 11.3 Å². The summed E-state index contributed by atoms with van der Waals surface area (Å²) in [6.45, 7) is 0. The minimum atomic E-state index is -0.139. The molecular formula is C22H19N3O2. The first-order valence-electron chi connectivity index (χ1n) is 8.64. The summed E-state index contributed by atoms with van der Waals surface area (Å²) in [5.74, 6) is 0.611. The highest BCUT2D eigenvalue weighted by Crippen LogP contribution is 2.27. The molecular weight excluding hydrogens is 338 g/mol. The van der Waals surface area contributed by atoms with Crippen molar-refractivity contribution in [1.29, 1.82) is 0 Å². The quantitative estimate of drug-likeness (QED) is 0.569. The SMILES string of the molecule is CN(C)c1cccc(C(=O)Nc2ccc(-c3cc4cccnc4o3)cc2)c1. The van der Waals surface area contributed by atoms with Crippen molar-refractivity contribution in [3.8, 4) is 11.3 Å². The average Bonchev–Trinajstić information content (AvgIpc) is 3.13. The Morgan fingerprint density at radius 3 is 2.56 bits per heavy atom. The summed E-state index contributed by atoms with van der Waals surface area (Å²) in [4.78, 5) is 18.7. The van der Waals surface area contributed by atoms with E-state index in [1.807, 2.05) is 79.7 Å². The van der Waals surface area contributed by atoms with Gasteiger partial charge in [-0.15, -0.1) is 0 Å². The third-order valence-corrected chi connectivity index (χ3v) is 4.35. The van der Waals surface area contributed by atoms with Crippen molar-refractivity contribution in [1.82, 2.24) is 4.98 Å². The van der Waals surface area contributed by atoms with E-state index in [1.165, 1.54) is 0 Å². The molecule has 0 atom stereocenters. The summed E-state index contributed by atoms with van der Waals surface area (Å²) in [7, 11) is 3.90. The number of pyridine rings is 1. The van der Waals surface area contributed by atoms with Crippen LogP contribution in [0, 0.1) is 0 Å². The van der Waals surface area contributed by atoms with Gasteiger partial charge in [-0.05, 0) is 60.7 Å². The molecule has 0 spiro atoms. The number of nitrogens with zero attached hydrogens (tertiary/aromatic N) is 2. The fourth-order valence-electron chi connectivity index (χ4n) is 2.86. The maximum Gasteiger partial charge on any atom is 0.255 e. The van der Waals surface area contributed by atoms with Gasteiger partial charge in [-0.3, -0.25) is 4.79 Å². The Balaban J connectivity index is 1.52. The molecule has 0 saturated heterocycles. The van der Waals surface area contributed by atoms with Crippen molar-refractivity contribution in [2.75, 3.05) is 24.3 Å². The van der Waals surface area contributed by atoms with Gasteiger partial charge in [0.15, 0.2) is 0 Å². The third-order valence-electron chi connectivity index (χ3n) is 4.35. The molecule has 1 amide bonds. The zero-order chi connectivity index (χ0) is 18.8. The first kappa shape index (κ1) is 16.8. The van der Waals surface area contributed by atoms with Crippen molar-refractivity contribution in [3.63, 3.8) is 0 Å². The summed E-state index contributed by atoms with van der Waals surface area (Å²) in [5.41, 5.74) is 3.88. The molecule has 0 bridgehead atoms. The number of fused-ring (bicyclic) bond motifs is 1. The molecule has 5 heteroatoms. The molecule has 0 radical (unpaired) electrons. The molecule has 0 aliphatic rings. The molecule has 2 heterocycles. The van der Waals surface area contributed by atoms with E-state index < -0.39 is 0 Å². The number of benzene rings is 2. The molecule has 0 aliphatic carbocycles. The third kappa shape index (κ3) is 3.53. The molecule has 4 rings (SSSR count). The molecule has 4 aromatic rings. The van der Waals surface area contributed by atoms with Crippen LogP contribution in [-0.4, -0.2) is 25.0 Å². The van der Waals surface area contributed by atoms with Crippen LogP contribution in [0.1, 0.15) is 10.4 Å². The number of anilines is 2. The summed E-state index contributed by atoms with van der Waals surface area (Å²) in [6.07, 6.45) is 1.71. The largest absolute Gasteiger partial charge is 0.438 e. The predicted molar refractivity (Wildman–Crippen MR) is 108 cm³/mol. The zero-order valence-electron chi connectivity index (χ0n) is 15.1. The highest BCUT2D eigenvalue weighted by Gasteiger charge is 2.09. The minimum absolute atomic E-state index is 0.139. The average molecular weight is 357 g/mol. The van der Waals surface area contributed by atoms with E-state index >= 15 is 0 Å². The Bertz CT molecular complexity index is 1060. The van der Waals surface area contributed by atoms with Gasteiger partial charge in [0.1, 0.15) is 5.76 Å². The van der Waals surface area contributed by atoms with E-state index in [1.54, 1.807) is 12.3 Å². The summed E-state index contributed by atoms with van der Waals surface area (Å²) >= 11 is 0. The lowest BCUT2D eigenvalue weighted by Crippen LogP contribution is -2.14. The van der Waals surface area contributed by atoms with Crippen molar-refractivity contribution in [2.24, 2.45) is 0 Å². The van der Waals surface area contributed by atoms with Crippen LogP contribution in [0.5, 0.6) is 0 Å². The van der Waals surface area contributed by atoms with E-state index in [2.05, 4.69) is 10.3 Å². The van der Waals surface area contributed by atoms with E-state index in [9.17, 15) is 4.79 Å². The van der Waals surface area contributed by atoms with Crippen molar-refractivity contribution in [2.45, 2.75) is 0 Å². The van der Waals surface area contributed by atoms with Crippen molar-refractivity contribution >= 4 is 28.4 Å². The van der Waals surface area contributed by atoms with Gasteiger partial charge in [-0.2, -0.15) is 0 Å². The number of aromatic nitrogens is 1. The van der Waals surface area contributed by atoms with Gasteiger partial charge < -0.3 is 14.6 Å². The number of rotatable bonds is 4. The van der Waals surface area contributed by atoms with Crippen LogP contribution in [0.15, 0.2) is 77.3 Å². The molecule has 1 N–H and O–H groups in total. The number of carbonyl (C=O) groups is 1. The number of nitrogens with one attached hydrogen (secondary N) is 1.